The molecule has 76 valence electrons. The van der Waals surface area contributed by atoms with E-state index >= 15 is 0 Å². The lowest BCUT2D eigenvalue weighted by Gasteiger charge is -2.10. The van der Waals surface area contributed by atoms with Crippen molar-refractivity contribution in [2.75, 3.05) is 13.2 Å². The molecule has 0 aliphatic carbocycles. The predicted molar refractivity (Wildman–Crippen MR) is 48.7 cm³/mol. The van der Waals surface area contributed by atoms with Crippen LogP contribution in [0.15, 0.2) is 16.6 Å². The van der Waals surface area contributed by atoms with E-state index in [0.717, 1.165) is 0 Å². The van der Waals surface area contributed by atoms with Crippen molar-refractivity contribution in [3.8, 4) is 0 Å². The van der Waals surface area contributed by atoms with Gasteiger partial charge in [-0.3, -0.25) is 0 Å². The van der Waals surface area contributed by atoms with Gasteiger partial charge in [-0.05, 0) is 28.1 Å². The summed E-state index contributed by atoms with van der Waals surface area (Å²) in [7, 11) is 0. The molecule has 5 heteroatoms. The van der Waals surface area contributed by atoms with Gasteiger partial charge in [-0.1, -0.05) is 0 Å². The first-order valence-electron chi connectivity index (χ1n) is 4.07. The summed E-state index contributed by atoms with van der Waals surface area (Å²) >= 11 is 2.89. The van der Waals surface area contributed by atoms with E-state index in [2.05, 4.69) is 15.9 Å². The van der Waals surface area contributed by atoms with Gasteiger partial charge < -0.3 is 9.47 Å². The first-order valence-corrected chi connectivity index (χ1v) is 4.86. The first kappa shape index (κ1) is 10.0. The molecule has 2 nitrogen and oxygen atoms in total. The molecular formula is C9H7BrF2O2. The van der Waals surface area contributed by atoms with Gasteiger partial charge in [0.25, 0.3) is 0 Å². The third kappa shape index (κ3) is 1.67. The van der Waals surface area contributed by atoms with Crippen molar-refractivity contribution in [1.29, 1.82) is 0 Å². The summed E-state index contributed by atoms with van der Waals surface area (Å²) in [5, 5.41) is 0. The van der Waals surface area contributed by atoms with E-state index in [1.165, 1.54) is 12.1 Å². The molecule has 1 saturated heterocycles. The van der Waals surface area contributed by atoms with Crippen LogP contribution in [-0.4, -0.2) is 13.2 Å². The Hall–Kier alpha value is -0.520. The number of halogens is 3. The van der Waals surface area contributed by atoms with Crippen molar-refractivity contribution < 1.29 is 18.3 Å². The maximum atomic E-state index is 13.3. The van der Waals surface area contributed by atoms with E-state index < -0.39 is 17.9 Å². The molecule has 0 saturated carbocycles. The minimum absolute atomic E-state index is 0.0942. The van der Waals surface area contributed by atoms with Gasteiger partial charge in [-0.2, -0.15) is 0 Å². The molecule has 0 amide bonds. The summed E-state index contributed by atoms with van der Waals surface area (Å²) in [6.07, 6.45) is -0.780. The molecule has 0 N–H and O–H groups in total. The zero-order chi connectivity index (χ0) is 10.1. The van der Waals surface area contributed by atoms with E-state index in [4.69, 9.17) is 9.47 Å². The third-order valence-electron chi connectivity index (χ3n) is 1.94. The molecule has 0 radical (unpaired) electrons. The SMILES string of the molecule is Fc1c(Br)ccc(C2OCCO2)c1F. The fourth-order valence-corrected chi connectivity index (χ4v) is 1.57. The van der Waals surface area contributed by atoms with Crippen molar-refractivity contribution >= 4 is 15.9 Å². The number of ether oxygens (including phenoxy) is 2. The fraction of sp³-hybridized carbons (Fsp3) is 0.333. The Kier molecular flexibility index (Phi) is 2.80. The normalized spacial score (nSPS) is 17.6. The highest BCUT2D eigenvalue weighted by Gasteiger charge is 2.24. The molecule has 0 spiro atoms. The van der Waals surface area contributed by atoms with Crippen molar-refractivity contribution in [3.05, 3.63) is 33.8 Å². The molecule has 0 atom stereocenters. The molecule has 1 aromatic carbocycles. The average Bonchev–Trinajstić information content (AvgIpc) is 2.67. The lowest BCUT2D eigenvalue weighted by Crippen LogP contribution is -2.03. The molecule has 14 heavy (non-hydrogen) atoms. The van der Waals surface area contributed by atoms with Gasteiger partial charge in [0.1, 0.15) is 0 Å². The lowest BCUT2D eigenvalue weighted by atomic mass is 10.2. The van der Waals surface area contributed by atoms with Gasteiger partial charge in [0.2, 0.25) is 0 Å². The highest BCUT2D eigenvalue weighted by Crippen LogP contribution is 2.29. The van der Waals surface area contributed by atoms with Crippen LogP contribution in [0.5, 0.6) is 0 Å². The van der Waals surface area contributed by atoms with Crippen LogP contribution in [-0.2, 0) is 9.47 Å². The number of hydrogen-bond acceptors (Lipinski definition) is 2. The second-order valence-electron chi connectivity index (χ2n) is 2.84. The summed E-state index contributed by atoms with van der Waals surface area (Å²) in [6, 6.07) is 2.87. The van der Waals surface area contributed by atoms with Crippen LogP contribution in [0.4, 0.5) is 8.78 Å². The monoisotopic (exact) mass is 264 g/mol. The minimum atomic E-state index is -0.925. The Morgan fingerprint density at radius 2 is 1.79 bits per heavy atom. The summed E-state index contributed by atoms with van der Waals surface area (Å²) in [6.45, 7) is 0.809. The maximum Gasteiger partial charge on any atom is 0.186 e. The number of rotatable bonds is 1. The predicted octanol–water partition coefficient (Wildman–Crippen LogP) is 2.77. The molecule has 0 unspecified atom stereocenters. The van der Waals surface area contributed by atoms with Crippen LogP contribution < -0.4 is 0 Å². The van der Waals surface area contributed by atoms with Crippen LogP contribution in [0, 0.1) is 11.6 Å². The smallest absolute Gasteiger partial charge is 0.186 e. The molecule has 1 aromatic rings. The standard InChI is InChI=1S/C9H7BrF2O2/c10-6-2-1-5(7(11)8(6)12)9-13-3-4-14-9/h1-2,9H,3-4H2. The van der Waals surface area contributed by atoms with E-state index in [1.54, 1.807) is 0 Å². The molecule has 0 bridgehead atoms. The topological polar surface area (TPSA) is 18.5 Å². The number of benzene rings is 1. The fourth-order valence-electron chi connectivity index (χ4n) is 1.26. The van der Waals surface area contributed by atoms with Gasteiger partial charge in [0, 0.05) is 5.56 Å². The Morgan fingerprint density at radius 1 is 1.14 bits per heavy atom. The minimum Gasteiger partial charge on any atom is -0.346 e. The Balaban J connectivity index is 2.38. The quantitative estimate of drug-likeness (QED) is 0.727. The largest absolute Gasteiger partial charge is 0.346 e. The van der Waals surface area contributed by atoms with Gasteiger partial charge in [0.15, 0.2) is 17.9 Å². The Labute approximate surface area is 87.9 Å². The van der Waals surface area contributed by atoms with Crippen molar-refractivity contribution in [1.82, 2.24) is 0 Å². The van der Waals surface area contributed by atoms with Crippen LogP contribution in [0.1, 0.15) is 11.9 Å². The van der Waals surface area contributed by atoms with Crippen LogP contribution in [0.3, 0.4) is 0 Å². The third-order valence-corrected chi connectivity index (χ3v) is 2.55. The highest BCUT2D eigenvalue weighted by molar-refractivity contribution is 9.10. The first-order chi connectivity index (χ1) is 6.70. The van der Waals surface area contributed by atoms with Crippen LogP contribution in [0.2, 0.25) is 0 Å². The second kappa shape index (κ2) is 3.92. The summed E-state index contributed by atoms with van der Waals surface area (Å²) in [5.41, 5.74) is 0.100. The Morgan fingerprint density at radius 3 is 2.43 bits per heavy atom. The summed E-state index contributed by atoms with van der Waals surface area (Å²) in [5.74, 6) is -1.84. The van der Waals surface area contributed by atoms with Gasteiger partial charge in [0.05, 0.1) is 17.7 Å². The van der Waals surface area contributed by atoms with Crippen LogP contribution >= 0.6 is 15.9 Å². The van der Waals surface area contributed by atoms with Crippen molar-refractivity contribution in [2.45, 2.75) is 6.29 Å². The number of hydrogen-bond donors (Lipinski definition) is 0. The molecule has 1 heterocycles. The highest BCUT2D eigenvalue weighted by atomic mass is 79.9. The van der Waals surface area contributed by atoms with Crippen molar-refractivity contribution in [2.24, 2.45) is 0 Å². The molecule has 1 aliphatic rings. The average molecular weight is 265 g/mol. The van der Waals surface area contributed by atoms with E-state index in [9.17, 15) is 8.78 Å². The zero-order valence-corrected chi connectivity index (χ0v) is 8.68. The molecule has 1 fully saturated rings. The second-order valence-corrected chi connectivity index (χ2v) is 3.69. The maximum absolute atomic E-state index is 13.3. The van der Waals surface area contributed by atoms with Crippen LogP contribution in [0.25, 0.3) is 0 Å². The lowest BCUT2D eigenvalue weighted by molar-refractivity contribution is -0.0468. The van der Waals surface area contributed by atoms with E-state index in [0.29, 0.717) is 13.2 Å². The van der Waals surface area contributed by atoms with Gasteiger partial charge in [-0.25, -0.2) is 8.78 Å². The van der Waals surface area contributed by atoms with E-state index in [1.807, 2.05) is 0 Å². The zero-order valence-electron chi connectivity index (χ0n) is 7.10. The molecule has 1 aliphatic heterocycles. The Bertz CT molecular complexity index is 351. The molecule has 2 rings (SSSR count). The summed E-state index contributed by atoms with van der Waals surface area (Å²) in [4.78, 5) is 0. The molecular weight excluding hydrogens is 258 g/mol. The molecule has 0 aromatic heterocycles. The van der Waals surface area contributed by atoms with Gasteiger partial charge >= 0.3 is 0 Å². The van der Waals surface area contributed by atoms with Crippen molar-refractivity contribution in [3.63, 3.8) is 0 Å². The summed E-state index contributed by atoms with van der Waals surface area (Å²) < 4.78 is 36.7. The van der Waals surface area contributed by atoms with E-state index in [-0.39, 0.29) is 10.0 Å². The van der Waals surface area contributed by atoms with Gasteiger partial charge in [-0.15, -0.1) is 0 Å².